The number of imidazole rings is 1. The minimum atomic E-state index is -0.186. The summed E-state index contributed by atoms with van der Waals surface area (Å²) in [5.74, 6) is 0.627. The number of hydrogen-bond acceptors (Lipinski definition) is 3. The lowest BCUT2D eigenvalue weighted by Gasteiger charge is -2.22. The zero-order valence-electron chi connectivity index (χ0n) is 11.3. The average molecular weight is 268 g/mol. The molecule has 0 saturated carbocycles. The van der Waals surface area contributed by atoms with Crippen LogP contribution in [0.5, 0.6) is 0 Å². The van der Waals surface area contributed by atoms with Crippen LogP contribution in [-0.2, 0) is 6.67 Å². The quantitative estimate of drug-likeness (QED) is 0.930. The first kappa shape index (κ1) is 12.5. The highest BCUT2D eigenvalue weighted by Crippen LogP contribution is 2.14. The number of anilines is 1. The zero-order valence-corrected chi connectivity index (χ0v) is 11.3. The third-order valence-corrected chi connectivity index (χ3v) is 3.25. The third-order valence-electron chi connectivity index (χ3n) is 3.25. The van der Waals surface area contributed by atoms with Gasteiger partial charge in [-0.05, 0) is 25.1 Å². The molecule has 20 heavy (non-hydrogen) atoms. The molecule has 1 N–H and O–H groups in total. The fourth-order valence-corrected chi connectivity index (χ4v) is 2.12. The summed E-state index contributed by atoms with van der Waals surface area (Å²) in [4.78, 5) is 18.7. The van der Waals surface area contributed by atoms with Gasteiger partial charge < -0.3 is 14.8 Å². The van der Waals surface area contributed by atoms with Crippen molar-refractivity contribution in [1.29, 1.82) is 0 Å². The van der Waals surface area contributed by atoms with Crippen molar-refractivity contribution in [1.82, 2.24) is 14.5 Å². The van der Waals surface area contributed by atoms with Gasteiger partial charge in [-0.2, -0.15) is 0 Å². The predicted octanol–water partition coefficient (Wildman–Crippen LogP) is 2.40. The maximum Gasteiger partial charge on any atom is 0.275 e. The Morgan fingerprint density at radius 2 is 2.15 bits per heavy atom. The fraction of sp³-hybridized carbons (Fsp3) is 0.200. The van der Waals surface area contributed by atoms with E-state index in [4.69, 9.17) is 0 Å². The largest absolute Gasteiger partial charge is 0.360 e. The van der Waals surface area contributed by atoms with Crippen LogP contribution < -0.4 is 5.32 Å². The number of para-hydroxylation sites is 1. The predicted molar refractivity (Wildman–Crippen MR) is 78.0 cm³/mol. The van der Waals surface area contributed by atoms with E-state index in [9.17, 15) is 4.79 Å². The maximum atomic E-state index is 12.2. The molecule has 0 unspecified atom stereocenters. The first-order chi connectivity index (χ1) is 9.76. The molecule has 0 bridgehead atoms. The lowest BCUT2D eigenvalue weighted by Crippen LogP contribution is -2.23. The number of amides is 1. The highest BCUT2D eigenvalue weighted by molar-refractivity contribution is 6.02. The second kappa shape index (κ2) is 5.21. The molecule has 1 aliphatic rings. The van der Waals surface area contributed by atoms with Crippen LogP contribution in [0.2, 0.25) is 0 Å². The molecule has 0 aliphatic carbocycles. The van der Waals surface area contributed by atoms with Crippen molar-refractivity contribution in [3.05, 3.63) is 54.2 Å². The molecule has 0 atom stereocenters. The van der Waals surface area contributed by atoms with Crippen molar-refractivity contribution < 1.29 is 4.79 Å². The van der Waals surface area contributed by atoms with Crippen molar-refractivity contribution in [2.75, 3.05) is 11.9 Å². The number of carbonyl (C=O) groups is 1. The molecular weight excluding hydrogens is 252 g/mol. The number of rotatable bonds is 3. The van der Waals surface area contributed by atoms with Gasteiger partial charge in [0.2, 0.25) is 0 Å². The van der Waals surface area contributed by atoms with Gasteiger partial charge in [-0.15, -0.1) is 0 Å². The van der Waals surface area contributed by atoms with Crippen molar-refractivity contribution in [3.63, 3.8) is 0 Å². The lowest BCUT2D eigenvalue weighted by atomic mass is 10.3. The Labute approximate surface area is 117 Å². The molecule has 2 heterocycles. The Morgan fingerprint density at radius 3 is 2.90 bits per heavy atom. The van der Waals surface area contributed by atoms with Crippen LogP contribution in [0, 0.1) is 0 Å². The maximum absolute atomic E-state index is 12.2. The lowest BCUT2D eigenvalue weighted by molar-refractivity contribution is 0.102. The molecule has 1 aliphatic heterocycles. The standard InChI is InChI=1S/C15H16N4O/c1-2-18-9-8-14-17-13(10-19(14)11-18)15(20)16-12-6-4-3-5-7-12/h3-10H,2,11H2,1H3,(H,16,20). The van der Waals surface area contributed by atoms with Gasteiger partial charge in [-0.1, -0.05) is 18.2 Å². The van der Waals surface area contributed by atoms with Crippen molar-refractivity contribution in [2.45, 2.75) is 13.6 Å². The van der Waals surface area contributed by atoms with Gasteiger partial charge in [-0.25, -0.2) is 4.98 Å². The van der Waals surface area contributed by atoms with E-state index in [1.54, 1.807) is 6.20 Å². The van der Waals surface area contributed by atoms with Crippen LogP contribution in [0.15, 0.2) is 42.7 Å². The highest BCUT2D eigenvalue weighted by Gasteiger charge is 2.16. The molecule has 1 aromatic heterocycles. The van der Waals surface area contributed by atoms with E-state index in [0.29, 0.717) is 5.69 Å². The summed E-state index contributed by atoms with van der Waals surface area (Å²) in [5.41, 5.74) is 1.21. The Morgan fingerprint density at radius 1 is 1.35 bits per heavy atom. The summed E-state index contributed by atoms with van der Waals surface area (Å²) in [6.45, 7) is 3.75. The minimum absolute atomic E-state index is 0.186. The van der Waals surface area contributed by atoms with Gasteiger partial charge in [0, 0.05) is 24.6 Å². The number of aromatic nitrogens is 2. The van der Waals surface area contributed by atoms with Crippen LogP contribution >= 0.6 is 0 Å². The number of carbonyl (C=O) groups excluding carboxylic acids is 1. The summed E-state index contributed by atoms with van der Waals surface area (Å²) in [6, 6.07) is 9.39. The second-order valence-electron chi connectivity index (χ2n) is 4.64. The number of fused-ring (bicyclic) bond motifs is 1. The zero-order chi connectivity index (χ0) is 13.9. The van der Waals surface area contributed by atoms with E-state index >= 15 is 0 Å². The van der Waals surface area contributed by atoms with E-state index in [2.05, 4.69) is 22.1 Å². The Balaban J connectivity index is 1.77. The van der Waals surface area contributed by atoms with E-state index in [-0.39, 0.29) is 5.91 Å². The third kappa shape index (κ3) is 2.42. The molecule has 102 valence electrons. The second-order valence-corrected chi connectivity index (χ2v) is 4.64. The van der Waals surface area contributed by atoms with Crippen molar-refractivity contribution >= 4 is 17.7 Å². The SMILES string of the molecule is CCN1C=Cc2nc(C(=O)Nc3ccccc3)cn2C1. The number of nitrogens with zero attached hydrogens (tertiary/aromatic N) is 3. The first-order valence-corrected chi connectivity index (χ1v) is 6.62. The van der Waals surface area contributed by atoms with Crippen LogP contribution in [0.25, 0.3) is 6.08 Å². The monoisotopic (exact) mass is 268 g/mol. The molecule has 1 amide bonds. The molecule has 2 aromatic rings. The van der Waals surface area contributed by atoms with Gasteiger partial charge in [0.1, 0.15) is 11.5 Å². The molecule has 5 heteroatoms. The molecule has 0 radical (unpaired) electrons. The molecule has 1 aromatic carbocycles. The van der Waals surface area contributed by atoms with E-state index < -0.39 is 0 Å². The van der Waals surface area contributed by atoms with E-state index in [0.717, 1.165) is 24.7 Å². The van der Waals surface area contributed by atoms with Crippen LogP contribution in [0.4, 0.5) is 5.69 Å². The molecule has 0 fully saturated rings. The van der Waals surface area contributed by atoms with Gasteiger partial charge in [0.15, 0.2) is 0 Å². The van der Waals surface area contributed by atoms with Crippen molar-refractivity contribution in [3.8, 4) is 0 Å². The van der Waals surface area contributed by atoms with Crippen molar-refractivity contribution in [2.24, 2.45) is 0 Å². The van der Waals surface area contributed by atoms with Gasteiger partial charge in [0.05, 0.1) is 6.67 Å². The van der Waals surface area contributed by atoms with Crippen LogP contribution in [0.1, 0.15) is 23.2 Å². The first-order valence-electron chi connectivity index (χ1n) is 6.62. The normalized spacial score (nSPS) is 13.2. The topological polar surface area (TPSA) is 50.2 Å². The molecular formula is C15H16N4O. The Hall–Kier alpha value is -2.56. The molecule has 0 spiro atoms. The van der Waals surface area contributed by atoms with Gasteiger partial charge >= 0.3 is 0 Å². The summed E-state index contributed by atoms with van der Waals surface area (Å²) in [5, 5.41) is 2.84. The van der Waals surface area contributed by atoms with E-state index in [1.807, 2.05) is 47.2 Å². The van der Waals surface area contributed by atoms with E-state index in [1.165, 1.54) is 0 Å². The molecule has 0 saturated heterocycles. The summed E-state index contributed by atoms with van der Waals surface area (Å²) in [7, 11) is 0. The minimum Gasteiger partial charge on any atom is -0.360 e. The molecule has 5 nitrogen and oxygen atoms in total. The smallest absolute Gasteiger partial charge is 0.275 e. The fourth-order valence-electron chi connectivity index (χ4n) is 2.12. The number of nitrogens with one attached hydrogen (secondary N) is 1. The number of benzene rings is 1. The summed E-state index contributed by atoms with van der Waals surface area (Å²) >= 11 is 0. The van der Waals surface area contributed by atoms with Crippen LogP contribution in [-0.4, -0.2) is 26.9 Å². The molecule has 3 rings (SSSR count). The summed E-state index contributed by atoms with van der Waals surface area (Å²) < 4.78 is 1.98. The van der Waals surface area contributed by atoms with Gasteiger partial charge in [-0.3, -0.25) is 4.79 Å². The summed E-state index contributed by atoms with van der Waals surface area (Å²) in [6.07, 6.45) is 5.72. The Bertz CT molecular complexity index is 645. The van der Waals surface area contributed by atoms with Gasteiger partial charge in [0.25, 0.3) is 5.91 Å². The Kier molecular flexibility index (Phi) is 3.25. The number of hydrogen-bond donors (Lipinski definition) is 1. The highest BCUT2D eigenvalue weighted by atomic mass is 16.1. The average Bonchev–Trinajstić information content (AvgIpc) is 2.91. The van der Waals surface area contributed by atoms with Crippen LogP contribution in [0.3, 0.4) is 0 Å².